The third-order valence-corrected chi connectivity index (χ3v) is 3.04. The highest BCUT2D eigenvalue weighted by molar-refractivity contribution is 5.91. The van der Waals surface area contributed by atoms with Crippen LogP contribution in [0.3, 0.4) is 0 Å². The maximum absolute atomic E-state index is 11.6. The second-order valence-electron chi connectivity index (χ2n) is 4.95. The first-order valence-electron chi connectivity index (χ1n) is 7.94. The van der Waals surface area contributed by atoms with Crippen LogP contribution in [0.1, 0.15) is 12.7 Å². The largest absolute Gasteiger partial charge is 0.495 e. The molecule has 1 aromatic carbocycles. The van der Waals surface area contributed by atoms with Gasteiger partial charge in [0.15, 0.2) is 12.4 Å². The van der Waals surface area contributed by atoms with Gasteiger partial charge in [-0.05, 0) is 19.1 Å². The van der Waals surface area contributed by atoms with Crippen molar-refractivity contribution in [2.45, 2.75) is 13.5 Å². The molecule has 0 spiro atoms. The fraction of sp³-hybridized carbons (Fsp3) is 0.235. The zero-order valence-corrected chi connectivity index (χ0v) is 14.8. The molecule has 3 N–H and O–H groups in total. The monoisotopic (exact) mass is 373 g/mol. The van der Waals surface area contributed by atoms with Crippen LogP contribution < -0.4 is 15.8 Å². The predicted octanol–water partition coefficient (Wildman–Crippen LogP) is 1.37. The lowest BCUT2D eigenvalue weighted by atomic mass is 10.3. The summed E-state index contributed by atoms with van der Waals surface area (Å²) in [6.07, 6.45) is 1.93. The Morgan fingerprint density at radius 1 is 1.11 bits per heavy atom. The minimum atomic E-state index is -0.749. The predicted molar refractivity (Wildman–Crippen MR) is 96.1 cm³/mol. The molecule has 0 bridgehead atoms. The topological polar surface area (TPSA) is 139 Å². The normalized spacial score (nSPS) is 10.4. The summed E-state index contributed by atoms with van der Waals surface area (Å²) in [5.41, 5.74) is 6.30. The molecule has 2 rings (SSSR count). The van der Waals surface area contributed by atoms with Crippen LogP contribution in [0.15, 0.2) is 36.4 Å². The first-order valence-corrected chi connectivity index (χ1v) is 7.94. The lowest BCUT2D eigenvalue weighted by Gasteiger charge is -2.10. The Balaban J connectivity index is 2.02. The van der Waals surface area contributed by atoms with Crippen molar-refractivity contribution in [2.75, 3.05) is 24.8 Å². The molecule has 1 heterocycles. The zero-order valence-electron chi connectivity index (χ0n) is 14.8. The summed E-state index contributed by atoms with van der Waals surface area (Å²) in [5, 5.41) is 2.96. The number of hydrogen-bond acceptors (Lipinski definition) is 10. The second-order valence-corrected chi connectivity index (χ2v) is 4.95. The Labute approximate surface area is 155 Å². The van der Waals surface area contributed by atoms with Crippen molar-refractivity contribution in [2.24, 2.45) is 0 Å². The standard InChI is InChI=1S/C17H19N5O5/c1-3-26-14(23)8-9-15(24)27-10-13-20-16(18)22-17(21-13)19-11-6-4-5-7-12(11)25-2/h4-9H,3,10H2,1-2H3,(H3,18,19,20,21,22)/b9-8+. The molecule has 0 aliphatic heterocycles. The number of methoxy groups -OCH3 is 1. The molecular formula is C17H19N5O5. The van der Waals surface area contributed by atoms with Gasteiger partial charge >= 0.3 is 11.9 Å². The molecule has 2 aromatic rings. The fourth-order valence-electron chi connectivity index (χ4n) is 1.94. The lowest BCUT2D eigenvalue weighted by molar-refractivity contribution is -0.141. The number of hydrogen-bond donors (Lipinski definition) is 2. The number of nitrogens with zero attached hydrogens (tertiary/aromatic N) is 3. The van der Waals surface area contributed by atoms with E-state index in [-0.39, 0.29) is 30.9 Å². The minimum absolute atomic E-state index is 0.0458. The average molecular weight is 373 g/mol. The van der Waals surface area contributed by atoms with Gasteiger partial charge in [-0.2, -0.15) is 15.0 Å². The maximum Gasteiger partial charge on any atom is 0.331 e. The van der Waals surface area contributed by atoms with Crippen molar-refractivity contribution in [1.82, 2.24) is 15.0 Å². The Kier molecular flexibility index (Phi) is 7.06. The molecule has 0 aliphatic rings. The van der Waals surface area contributed by atoms with Crippen molar-refractivity contribution < 1.29 is 23.8 Å². The first-order chi connectivity index (χ1) is 13.0. The number of carbonyl (C=O) groups excluding carboxylic acids is 2. The molecule has 0 saturated heterocycles. The summed E-state index contributed by atoms with van der Waals surface area (Å²) >= 11 is 0. The Hall–Kier alpha value is -3.69. The summed E-state index contributed by atoms with van der Waals surface area (Å²) in [6.45, 7) is 1.62. The third-order valence-electron chi connectivity index (χ3n) is 3.04. The fourth-order valence-corrected chi connectivity index (χ4v) is 1.94. The summed E-state index contributed by atoms with van der Waals surface area (Å²) in [4.78, 5) is 34.8. The van der Waals surface area contributed by atoms with Gasteiger partial charge in [-0.3, -0.25) is 0 Å². The molecular weight excluding hydrogens is 354 g/mol. The van der Waals surface area contributed by atoms with Crippen molar-refractivity contribution in [3.05, 3.63) is 42.2 Å². The van der Waals surface area contributed by atoms with E-state index in [0.29, 0.717) is 11.4 Å². The minimum Gasteiger partial charge on any atom is -0.495 e. The molecule has 10 nitrogen and oxygen atoms in total. The van der Waals surface area contributed by atoms with Gasteiger partial charge in [0.2, 0.25) is 11.9 Å². The first kappa shape index (κ1) is 19.6. The van der Waals surface area contributed by atoms with Crippen molar-refractivity contribution in [3.63, 3.8) is 0 Å². The number of para-hydroxylation sites is 2. The van der Waals surface area contributed by atoms with Crippen LogP contribution >= 0.6 is 0 Å². The number of ether oxygens (including phenoxy) is 3. The number of benzene rings is 1. The van der Waals surface area contributed by atoms with Crippen molar-refractivity contribution in [1.29, 1.82) is 0 Å². The smallest absolute Gasteiger partial charge is 0.331 e. The highest BCUT2D eigenvalue weighted by Gasteiger charge is 2.09. The highest BCUT2D eigenvalue weighted by atomic mass is 16.5. The third kappa shape index (κ3) is 6.27. The van der Waals surface area contributed by atoms with Gasteiger partial charge in [0.05, 0.1) is 19.4 Å². The van der Waals surface area contributed by atoms with E-state index in [9.17, 15) is 9.59 Å². The van der Waals surface area contributed by atoms with Gasteiger partial charge in [-0.1, -0.05) is 12.1 Å². The van der Waals surface area contributed by atoms with Crippen molar-refractivity contribution >= 4 is 29.5 Å². The molecule has 0 unspecified atom stereocenters. The maximum atomic E-state index is 11.6. The Bertz CT molecular complexity index is 840. The van der Waals surface area contributed by atoms with E-state index in [1.807, 2.05) is 12.1 Å². The van der Waals surface area contributed by atoms with Crippen LogP contribution in [-0.2, 0) is 25.7 Å². The Morgan fingerprint density at radius 3 is 2.52 bits per heavy atom. The molecule has 1 aromatic heterocycles. The van der Waals surface area contributed by atoms with Gasteiger partial charge in [0, 0.05) is 12.2 Å². The van der Waals surface area contributed by atoms with E-state index >= 15 is 0 Å². The number of nitrogens with one attached hydrogen (secondary N) is 1. The second kappa shape index (κ2) is 9.70. The van der Waals surface area contributed by atoms with Gasteiger partial charge in [-0.25, -0.2) is 9.59 Å². The molecule has 0 aliphatic carbocycles. The summed E-state index contributed by atoms with van der Waals surface area (Å²) in [7, 11) is 1.54. The molecule has 27 heavy (non-hydrogen) atoms. The Morgan fingerprint density at radius 2 is 1.81 bits per heavy atom. The highest BCUT2D eigenvalue weighted by Crippen LogP contribution is 2.25. The van der Waals surface area contributed by atoms with Gasteiger partial charge in [0.1, 0.15) is 5.75 Å². The van der Waals surface area contributed by atoms with Gasteiger partial charge in [0.25, 0.3) is 0 Å². The zero-order chi connectivity index (χ0) is 19.6. The number of nitrogen functional groups attached to an aromatic ring is 1. The quantitative estimate of drug-likeness (QED) is 0.515. The van der Waals surface area contributed by atoms with Crippen LogP contribution in [0.4, 0.5) is 17.6 Å². The van der Waals surface area contributed by atoms with E-state index in [4.69, 9.17) is 15.2 Å². The number of aromatic nitrogens is 3. The summed E-state index contributed by atoms with van der Waals surface area (Å²) < 4.78 is 14.9. The molecule has 0 radical (unpaired) electrons. The number of nitrogens with two attached hydrogens (primary N) is 1. The van der Waals surface area contributed by atoms with Crippen LogP contribution in [0.2, 0.25) is 0 Å². The number of rotatable bonds is 8. The van der Waals surface area contributed by atoms with Crippen molar-refractivity contribution in [3.8, 4) is 5.75 Å². The molecule has 0 saturated carbocycles. The lowest BCUT2D eigenvalue weighted by Crippen LogP contribution is -2.10. The molecule has 10 heteroatoms. The summed E-state index contributed by atoms with van der Waals surface area (Å²) in [5.74, 6) is -0.537. The average Bonchev–Trinajstić information content (AvgIpc) is 2.65. The summed E-state index contributed by atoms with van der Waals surface area (Å²) in [6, 6.07) is 7.18. The van der Waals surface area contributed by atoms with Gasteiger partial charge in [-0.15, -0.1) is 0 Å². The SMILES string of the molecule is CCOC(=O)/C=C/C(=O)OCc1nc(N)nc(Nc2ccccc2OC)n1. The molecule has 0 fully saturated rings. The van der Waals surface area contributed by atoms with E-state index in [2.05, 4.69) is 25.0 Å². The molecule has 142 valence electrons. The number of carbonyl (C=O) groups is 2. The van der Waals surface area contributed by atoms with E-state index in [1.165, 1.54) is 7.11 Å². The number of esters is 2. The van der Waals surface area contributed by atoms with E-state index < -0.39 is 11.9 Å². The van der Waals surface area contributed by atoms with Crippen LogP contribution in [0.5, 0.6) is 5.75 Å². The van der Waals surface area contributed by atoms with Crippen LogP contribution in [-0.4, -0.2) is 40.6 Å². The van der Waals surface area contributed by atoms with E-state index in [1.54, 1.807) is 19.1 Å². The van der Waals surface area contributed by atoms with Crippen LogP contribution in [0, 0.1) is 0 Å². The van der Waals surface area contributed by atoms with Crippen LogP contribution in [0.25, 0.3) is 0 Å². The molecule has 0 amide bonds. The van der Waals surface area contributed by atoms with E-state index in [0.717, 1.165) is 12.2 Å². The number of anilines is 3. The van der Waals surface area contributed by atoms with Gasteiger partial charge < -0.3 is 25.3 Å². The molecule has 0 atom stereocenters.